The summed E-state index contributed by atoms with van der Waals surface area (Å²) in [6.45, 7) is 2.18. The number of aryl methyl sites for hydroxylation is 1. The summed E-state index contributed by atoms with van der Waals surface area (Å²) < 4.78 is 10.5. The Morgan fingerprint density at radius 3 is 2.58 bits per heavy atom. The van der Waals surface area contributed by atoms with Crippen LogP contribution in [0.15, 0.2) is 47.6 Å². The number of ether oxygens (including phenoxy) is 2. The average molecular weight is 353 g/mol. The van der Waals surface area contributed by atoms with Crippen LogP contribution in [0.25, 0.3) is 0 Å². The summed E-state index contributed by atoms with van der Waals surface area (Å²) in [6, 6.07) is 12.8. The fraction of sp³-hybridized carbons (Fsp3) is 0.211. The summed E-state index contributed by atoms with van der Waals surface area (Å²) in [6.07, 6.45) is 1.64. The fourth-order valence-corrected chi connectivity index (χ4v) is 2.32. The molecule has 0 saturated heterocycles. The highest BCUT2D eigenvalue weighted by Crippen LogP contribution is 2.31. The molecule has 0 radical (unpaired) electrons. The van der Waals surface area contributed by atoms with Crippen LogP contribution in [0.5, 0.6) is 11.5 Å². The second-order valence-electron chi connectivity index (χ2n) is 5.82. The molecule has 2 aromatic carbocycles. The second kappa shape index (κ2) is 8.15. The maximum atomic E-state index is 11.9. The summed E-state index contributed by atoms with van der Waals surface area (Å²) in [4.78, 5) is 23.6. The second-order valence-corrected chi connectivity index (χ2v) is 5.82. The predicted molar refractivity (Wildman–Crippen MR) is 97.3 cm³/mol. The first-order valence-corrected chi connectivity index (χ1v) is 8.18. The molecule has 0 aliphatic carbocycles. The lowest BCUT2D eigenvalue weighted by Gasteiger charge is -2.05. The molecule has 0 spiro atoms. The number of amides is 2. The van der Waals surface area contributed by atoms with Gasteiger partial charge in [-0.25, -0.2) is 5.43 Å². The van der Waals surface area contributed by atoms with Gasteiger partial charge in [-0.05, 0) is 42.8 Å². The molecule has 7 heteroatoms. The van der Waals surface area contributed by atoms with Crippen LogP contribution in [0.2, 0.25) is 0 Å². The topological polar surface area (TPSA) is 89.0 Å². The van der Waals surface area contributed by atoms with Gasteiger partial charge in [-0.3, -0.25) is 9.59 Å². The van der Waals surface area contributed by atoms with Gasteiger partial charge in [0.2, 0.25) is 18.6 Å². The van der Waals surface area contributed by atoms with Crippen LogP contribution >= 0.6 is 0 Å². The third-order valence-corrected chi connectivity index (χ3v) is 3.71. The molecule has 2 aromatic rings. The quantitative estimate of drug-likeness (QED) is 0.617. The number of hydrazone groups is 1. The number of hydrogen-bond donors (Lipinski definition) is 2. The zero-order valence-electron chi connectivity index (χ0n) is 14.3. The predicted octanol–water partition coefficient (Wildman–Crippen LogP) is 2.59. The third-order valence-electron chi connectivity index (χ3n) is 3.71. The van der Waals surface area contributed by atoms with Crippen molar-refractivity contribution in [3.8, 4) is 11.5 Å². The number of anilines is 1. The van der Waals surface area contributed by atoms with Gasteiger partial charge in [-0.15, -0.1) is 0 Å². The van der Waals surface area contributed by atoms with Crippen molar-refractivity contribution in [1.29, 1.82) is 0 Å². The maximum absolute atomic E-state index is 11.9. The fourth-order valence-electron chi connectivity index (χ4n) is 2.32. The number of hydrogen-bond acceptors (Lipinski definition) is 5. The van der Waals surface area contributed by atoms with Gasteiger partial charge in [0.05, 0.1) is 6.21 Å². The SMILES string of the molecule is Cc1ccc(NC(=O)CCC(=O)N/N=C/c2ccc3c(c2)OCO3)cc1. The van der Waals surface area contributed by atoms with Gasteiger partial charge < -0.3 is 14.8 Å². The van der Waals surface area contributed by atoms with E-state index in [1.165, 1.54) is 6.21 Å². The van der Waals surface area contributed by atoms with E-state index in [1.54, 1.807) is 18.2 Å². The molecule has 0 aromatic heterocycles. The van der Waals surface area contributed by atoms with Crippen molar-refractivity contribution in [2.24, 2.45) is 5.10 Å². The minimum atomic E-state index is -0.332. The monoisotopic (exact) mass is 353 g/mol. The highest BCUT2D eigenvalue weighted by Gasteiger charge is 2.12. The molecular weight excluding hydrogens is 334 g/mol. The number of fused-ring (bicyclic) bond motifs is 1. The molecule has 0 fully saturated rings. The Bertz CT molecular complexity index is 831. The maximum Gasteiger partial charge on any atom is 0.240 e. The van der Waals surface area contributed by atoms with Crippen LogP contribution in [-0.4, -0.2) is 24.8 Å². The van der Waals surface area contributed by atoms with Gasteiger partial charge in [0.25, 0.3) is 0 Å². The van der Waals surface area contributed by atoms with E-state index in [4.69, 9.17) is 9.47 Å². The summed E-state index contributed by atoms with van der Waals surface area (Å²) in [5, 5.41) is 6.63. The van der Waals surface area contributed by atoms with Gasteiger partial charge in [-0.1, -0.05) is 17.7 Å². The first-order valence-electron chi connectivity index (χ1n) is 8.18. The van der Waals surface area contributed by atoms with E-state index in [0.717, 1.165) is 11.1 Å². The largest absolute Gasteiger partial charge is 0.454 e. The Morgan fingerprint density at radius 1 is 1.04 bits per heavy atom. The average Bonchev–Trinajstić information content (AvgIpc) is 3.10. The van der Waals surface area contributed by atoms with E-state index in [9.17, 15) is 9.59 Å². The smallest absolute Gasteiger partial charge is 0.240 e. The van der Waals surface area contributed by atoms with Gasteiger partial charge >= 0.3 is 0 Å². The zero-order chi connectivity index (χ0) is 18.4. The van der Waals surface area contributed by atoms with E-state index in [1.807, 2.05) is 31.2 Å². The molecule has 1 aliphatic heterocycles. The minimum absolute atomic E-state index is 0.0518. The van der Waals surface area contributed by atoms with Gasteiger partial charge in [0, 0.05) is 18.5 Å². The van der Waals surface area contributed by atoms with Crippen LogP contribution < -0.4 is 20.2 Å². The van der Waals surface area contributed by atoms with E-state index >= 15 is 0 Å². The molecule has 1 aliphatic rings. The number of carbonyl (C=O) groups is 2. The van der Waals surface area contributed by atoms with Crippen molar-refractivity contribution in [3.63, 3.8) is 0 Å². The summed E-state index contributed by atoms with van der Waals surface area (Å²) >= 11 is 0. The van der Waals surface area contributed by atoms with Crippen LogP contribution in [0, 0.1) is 6.92 Å². The molecule has 0 saturated carbocycles. The van der Waals surface area contributed by atoms with E-state index in [2.05, 4.69) is 15.8 Å². The first kappa shape index (κ1) is 17.5. The normalized spacial score (nSPS) is 12.2. The first-order chi connectivity index (χ1) is 12.6. The molecule has 2 amide bonds. The number of nitrogens with zero attached hydrogens (tertiary/aromatic N) is 1. The van der Waals surface area contributed by atoms with Crippen LogP contribution in [0.1, 0.15) is 24.0 Å². The molecule has 7 nitrogen and oxygen atoms in total. The van der Waals surface area contributed by atoms with Crippen LogP contribution in [-0.2, 0) is 9.59 Å². The Hall–Kier alpha value is -3.35. The molecule has 1 heterocycles. The number of nitrogens with one attached hydrogen (secondary N) is 2. The third kappa shape index (κ3) is 4.83. The zero-order valence-corrected chi connectivity index (χ0v) is 14.3. The Kier molecular flexibility index (Phi) is 5.48. The molecule has 0 unspecified atom stereocenters. The lowest BCUT2D eigenvalue weighted by atomic mass is 10.2. The van der Waals surface area contributed by atoms with Crippen molar-refractivity contribution in [2.75, 3.05) is 12.1 Å². The summed E-state index contributed by atoms with van der Waals surface area (Å²) in [7, 11) is 0. The molecule has 26 heavy (non-hydrogen) atoms. The van der Waals surface area contributed by atoms with Gasteiger partial charge in [-0.2, -0.15) is 5.10 Å². The summed E-state index contributed by atoms with van der Waals surface area (Å²) in [5.74, 6) is 0.781. The van der Waals surface area contributed by atoms with Crippen molar-refractivity contribution < 1.29 is 19.1 Å². The van der Waals surface area contributed by atoms with Gasteiger partial charge in [0.15, 0.2) is 11.5 Å². The Morgan fingerprint density at radius 2 is 1.77 bits per heavy atom. The number of rotatable bonds is 6. The summed E-state index contributed by atoms with van der Waals surface area (Å²) in [5.41, 5.74) is 5.00. The van der Waals surface area contributed by atoms with Gasteiger partial charge in [0.1, 0.15) is 0 Å². The molecule has 2 N–H and O–H groups in total. The highest BCUT2D eigenvalue weighted by molar-refractivity contribution is 5.93. The van der Waals surface area contributed by atoms with Crippen LogP contribution in [0.4, 0.5) is 5.69 Å². The molecule has 134 valence electrons. The molecule has 0 bridgehead atoms. The van der Waals surface area contributed by atoms with E-state index in [0.29, 0.717) is 17.2 Å². The van der Waals surface area contributed by atoms with E-state index < -0.39 is 0 Å². The lowest BCUT2D eigenvalue weighted by molar-refractivity contribution is -0.124. The minimum Gasteiger partial charge on any atom is -0.454 e. The van der Waals surface area contributed by atoms with Crippen molar-refractivity contribution in [1.82, 2.24) is 5.43 Å². The lowest BCUT2D eigenvalue weighted by Crippen LogP contribution is -2.20. The molecular formula is C19H19N3O4. The standard InChI is InChI=1S/C19H19N3O4/c1-13-2-5-15(6-3-13)21-18(23)8-9-19(24)22-20-11-14-4-7-16-17(10-14)26-12-25-16/h2-7,10-11H,8-9,12H2,1H3,(H,21,23)(H,22,24)/b20-11+. The van der Waals surface area contributed by atoms with Crippen LogP contribution in [0.3, 0.4) is 0 Å². The highest BCUT2D eigenvalue weighted by atomic mass is 16.7. The number of benzene rings is 2. The Labute approximate surface area is 151 Å². The van der Waals surface area contributed by atoms with Crippen molar-refractivity contribution >= 4 is 23.7 Å². The molecule has 0 atom stereocenters. The van der Waals surface area contributed by atoms with Crippen molar-refractivity contribution in [3.05, 3.63) is 53.6 Å². The van der Waals surface area contributed by atoms with E-state index in [-0.39, 0.29) is 31.4 Å². The van der Waals surface area contributed by atoms with Crippen molar-refractivity contribution in [2.45, 2.75) is 19.8 Å². The molecule has 3 rings (SSSR count). The number of carbonyl (C=O) groups excluding carboxylic acids is 2. The Balaban J connectivity index is 1.41.